The Hall–Kier alpha value is -1.11. The number of rotatable bonds is 7. The summed E-state index contributed by atoms with van der Waals surface area (Å²) in [6.07, 6.45) is 2.45. The number of methoxy groups -OCH3 is 1. The van der Waals surface area contributed by atoms with Gasteiger partial charge in [0.1, 0.15) is 0 Å². The van der Waals surface area contributed by atoms with Gasteiger partial charge in [-0.05, 0) is 56.6 Å². The summed E-state index contributed by atoms with van der Waals surface area (Å²) in [7, 11) is 3.49. The van der Waals surface area contributed by atoms with Crippen LogP contribution >= 0.6 is 12.4 Å². The average Bonchev–Trinajstić information content (AvgIpc) is 2.48. The highest BCUT2D eigenvalue weighted by Gasteiger charge is 2.16. The Morgan fingerprint density at radius 2 is 2.13 bits per heavy atom. The number of ether oxygens (including phenoxy) is 2. The van der Waals surface area contributed by atoms with Crippen LogP contribution in [-0.4, -0.2) is 45.3 Å². The second-order valence-electron chi connectivity index (χ2n) is 5.77. The molecule has 0 aromatic heterocycles. The molecule has 0 amide bonds. The molecule has 132 valence electrons. The van der Waals surface area contributed by atoms with Gasteiger partial charge in [-0.3, -0.25) is 0 Å². The lowest BCUT2D eigenvalue weighted by Crippen LogP contribution is -2.36. The minimum Gasteiger partial charge on any atom is -0.493 e. The van der Waals surface area contributed by atoms with Gasteiger partial charge in [-0.15, -0.1) is 12.4 Å². The van der Waals surface area contributed by atoms with E-state index in [0.717, 1.165) is 25.2 Å². The van der Waals surface area contributed by atoms with Gasteiger partial charge in [-0.1, -0.05) is 6.07 Å². The van der Waals surface area contributed by atoms with Crippen molar-refractivity contribution >= 4 is 12.4 Å². The van der Waals surface area contributed by atoms with Gasteiger partial charge in [0, 0.05) is 13.1 Å². The van der Waals surface area contributed by atoms with E-state index in [1.54, 1.807) is 12.1 Å². The molecule has 23 heavy (non-hydrogen) atoms. The Kier molecular flexibility index (Phi) is 8.58. The zero-order valence-electron chi connectivity index (χ0n) is 13.6. The predicted octanol–water partition coefficient (Wildman–Crippen LogP) is 3.15. The van der Waals surface area contributed by atoms with Crippen LogP contribution < -0.4 is 14.8 Å². The fourth-order valence-corrected chi connectivity index (χ4v) is 2.90. The number of hydrogen-bond acceptors (Lipinski definition) is 4. The van der Waals surface area contributed by atoms with Crippen LogP contribution in [0.1, 0.15) is 18.4 Å². The monoisotopic (exact) mass is 350 g/mol. The van der Waals surface area contributed by atoms with E-state index in [-0.39, 0.29) is 18.2 Å². The molecule has 0 aliphatic carbocycles. The number of piperidine rings is 1. The molecule has 1 aromatic rings. The molecular weight excluding hydrogens is 326 g/mol. The second-order valence-corrected chi connectivity index (χ2v) is 5.77. The quantitative estimate of drug-likeness (QED) is 0.819. The maximum Gasteiger partial charge on any atom is 0.387 e. The third-order valence-corrected chi connectivity index (χ3v) is 3.87. The van der Waals surface area contributed by atoms with Crippen molar-refractivity contribution in [3.8, 4) is 11.5 Å². The van der Waals surface area contributed by atoms with Crippen molar-refractivity contribution in [3.63, 3.8) is 0 Å². The topological polar surface area (TPSA) is 33.7 Å². The maximum atomic E-state index is 12.4. The van der Waals surface area contributed by atoms with Crippen LogP contribution in [0.2, 0.25) is 0 Å². The Bertz CT molecular complexity index is 471. The fourth-order valence-electron chi connectivity index (χ4n) is 2.90. The van der Waals surface area contributed by atoms with Crippen LogP contribution in [0.25, 0.3) is 0 Å². The molecule has 1 atom stereocenters. The van der Waals surface area contributed by atoms with Crippen LogP contribution in [0.4, 0.5) is 8.78 Å². The molecule has 0 spiro atoms. The first-order valence-electron chi connectivity index (χ1n) is 7.59. The third kappa shape index (κ3) is 6.49. The van der Waals surface area contributed by atoms with E-state index < -0.39 is 6.61 Å². The summed E-state index contributed by atoms with van der Waals surface area (Å²) < 4.78 is 34.5. The van der Waals surface area contributed by atoms with Crippen molar-refractivity contribution in [2.45, 2.75) is 26.0 Å². The summed E-state index contributed by atoms with van der Waals surface area (Å²) in [6.45, 7) is 0.986. The average molecular weight is 351 g/mol. The van der Waals surface area contributed by atoms with Gasteiger partial charge in [0.2, 0.25) is 0 Å². The predicted molar refractivity (Wildman–Crippen MR) is 88.8 cm³/mol. The largest absolute Gasteiger partial charge is 0.493 e. The molecule has 0 saturated carbocycles. The van der Waals surface area contributed by atoms with Gasteiger partial charge in [-0.2, -0.15) is 8.78 Å². The highest BCUT2D eigenvalue weighted by atomic mass is 35.5. The summed E-state index contributed by atoms with van der Waals surface area (Å²) in [5.41, 5.74) is 0.933. The van der Waals surface area contributed by atoms with Crippen LogP contribution in [0.5, 0.6) is 11.5 Å². The normalized spacial score (nSPS) is 17.9. The first-order valence-corrected chi connectivity index (χ1v) is 7.59. The molecular formula is C16H25ClF2N2O2. The lowest BCUT2D eigenvalue weighted by Gasteiger charge is -2.27. The highest BCUT2D eigenvalue weighted by molar-refractivity contribution is 5.85. The molecule has 1 aliphatic heterocycles. The summed E-state index contributed by atoms with van der Waals surface area (Å²) in [4.78, 5) is 2.21. The molecule has 1 fully saturated rings. The van der Waals surface area contributed by atoms with Gasteiger partial charge < -0.3 is 19.7 Å². The second kappa shape index (κ2) is 9.90. The molecule has 1 aliphatic rings. The summed E-state index contributed by atoms with van der Waals surface area (Å²) in [5, 5.41) is 3.40. The summed E-state index contributed by atoms with van der Waals surface area (Å²) in [5.74, 6) is 1.06. The van der Waals surface area contributed by atoms with E-state index in [1.807, 2.05) is 13.1 Å². The van der Waals surface area contributed by atoms with Crippen molar-refractivity contribution in [2.75, 3.05) is 33.8 Å². The van der Waals surface area contributed by atoms with E-state index in [1.165, 1.54) is 20.0 Å². The number of nitrogens with one attached hydrogen (secondary N) is 1. The van der Waals surface area contributed by atoms with Gasteiger partial charge >= 0.3 is 6.61 Å². The zero-order chi connectivity index (χ0) is 15.9. The molecule has 1 heterocycles. The molecule has 4 nitrogen and oxygen atoms in total. The van der Waals surface area contributed by atoms with Crippen molar-refractivity contribution < 1.29 is 18.3 Å². The van der Waals surface area contributed by atoms with Crippen molar-refractivity contribution in [1.82, 2.24) is 10.2 Å². The van der Waals surface area contributed by atoms with E-state index in [9.17, 15) is 8.78 Å². The third-order valence-electron chi connectivity index (χ3n) is 3.87. The SMILES string of the molecule is COc1ccc(CN(C)CC2CCCNC2)cc1OC(F)F.Cl. The molecule has 1 N–H and O–H groups in total. The van der Waals surface area contributed by atoms with Crippen LogP contribution in [0, 0.1) is 5.92 Å². The van der Waals surface area contributed by atoms with Crippen molar-refractivity contribution in [3.05, 3.63) is 23.8 Å². The first kappa shape index (κ1) is 19.9. The molecule has 7 heteroatoms. The molecule has 0 bridgehead atoms. The summed E-state index contributed by atoms with van der Waals surface area (Å²) in [6, 6.07) is 5.18. The molecule has 1 aromatic carbocycles. The highest BCUT2D eigenvalue weighted by Crippen LogP contribution is 2.30. The summed E-state index contributed by atoms with van der Waals surface area (Å²) >= 11 is 0. The van der Waals surface area contributed by atoms with Crippen LogP contribution in [-0.2, 0) is 6.54 Å². The number of halogens is 3. The maximum absolute atomic E-state index is 12.4. The molecule has 2 rings (SSSR count). The minimum atomic E-state index is -2.85. The van der Waals surface area contributed by atoms with Gasteiger partial charge in [0.05, 0.1) is 7.11 Å². The van der Waals surface area contributed by atoms with E-state index >= 15 is 0 Å². The zero-order valence-corrected chi connectivity index (χ0v) is 14.4. The lowest BCUT2D eigenvalue weighted by atomic mass is 9.99. The first-order chi connectivity index (χ1) is 10.6. The fraction of sp³-hybridized carbons (Fsp3) is 0.625. The van der Waals surface area contributed by atoms with E-state index in [2.05, 4.69) is 15.0 Å². The minimum absolute atomic E-state index is 0. The van der Waals surface area contributed by atoms with Crippen molar-refractivity contribution in [1.29, 1.82) is 0 Å². The number of benzene rings is 1. The van der Waals surface area contributed by atoms with E-state index in [0.29, 0.717) is 18.2 Å². The Balaban J connectivity index is 0.00000264. The molecule has 1 saturated heterocycles. The Labute approximate surface area is 142 Å². The number of alkyl halides is 2. The molecule has 1 unspecified atom stereocenters. The number of hydrogen-bond donors (Lipinski definition) is 1. The van der Waals surface area contributed by atoms with Crippen LogP contribution in [0.3, 0.4) is 0 Å². The Morgan fingerprint density at radius 1 is 1.35 bits per heavy atom. The smallest absolute Gasteiger partial charge is 0.387 e. The lowest BCUT2D eigenvalue weighted by molar-refractivity contribution is -0.0512. The standard InChI is InChI=1S/C16H24F2N2O2.ClH/c1-20(11-13-4-3-7-19-9-13)10-12-5-6-14(21-2)15(8-12)22-16(17)18;/h5-6,8,13,16,19H,3-4,7,9-11H2,1-2H3;1H. The van der Waals surface area contributed by atoms with E-state index in [4.69, 9.17) is 4.74 Å². The molecule has 0 radical (unpaired) electrons. The van der Waals surface area contributed by atoms with Crippen molar-refractivity contribution in [2.24, 2.45) is 5.92 Å². The number of nitrogens with zero attached hydrogens (tertiary/aromatic N) is 1. The van der Waals surface area contributed by atoms with Crippen LogP contribution in [0.15, 0.2) is 18.2 Å². The Morgan fingerprint density at radius 3 is 2.74 bits per heavy atom. The van der Waals surface area contributed by atoms with Gasteiger partial charge in [-0.25, -0.2) is 0 Å². The van der Waals surface area contributed by atoms with Gasteiger partial charge in [0.15, 0.2) is 11.5 Å². The van der Waals surface area contributed by atoms with Gasteiger partial charge in [0.25, 0.3) is 0 Å².